The van der Waals surface area contributed by atoms with E-state index < -0.39 is 0 Å². The van der Waals surface area contributed by atoms with E-state index in [2.05, 4.69) is 32.9 Å². The minimum atomic E-state index is 1.16. The molecule has 0 aromatic carbocycles. The number of hydrogen-bond acceptors (Lipinski definition) is 1. The van der Waals surface area contributed by atoms with Crippen molar-refractivity contribution in [2.45, 2.75) is 97.8 Å². The molecule has 0 saturated carbocycles. The molecule has 0 radical (unpaired) electrons. The van der Waals surface area contributed by atoms with Gasteiger partial charge in [0.15, 0.2) is 0 Å². The lowest BCUT2D eigenvalue weighted by Gasteiger charge is -2.07. The molecule has 1 heteroatoms. The molecule has 0 fully saturated rings. The molecule has 0 saturated heterocycles. The van der Waals surface area contributed by atoms with Crippen molar-refractivity contribution in [2.24, 2.45) is 0 Å². The van der Waals surface area contributed by atoms with Gasteiger partial charge in [-0.15, -0.1) is 0 Å². The topological polar surface area (TPSA) is 12.9 Å². The fourth-order valence-corrected chi connectivity index (χ4v) is 2.89. The number of unbranched alkanes of at least 4 members (excludes halogenated alkanes) is 8. The number of rotatable bonds is 12. The van der Waals surface area contributed by atoms with E-state index in [9.17, 15) is 0 Å². The maximum Gasteiger partial charge on any atom is 0.0409 e. The van der Waals surface area contributed by atoms with Gasteiger partial charge in [0.2, 0.25) is 0 Å². The number of aryl methyl sites for hydroxylation is 3. The summed E-state index contributed by atoms with van der Waals surface area (Å²) in [6, 6.07) is 4.56. The highest BCUT2D eigenvalue weighted by Crippen LogP contribution is 2.13. The molecule has 1 heterocycles. The van der Waals surface area contributed by atoms with Gasteiger partial charge in [-0.05, 0) is 50.3 Å². The molecule has 0 aliphatic heterocycles. The predicted octanol–water partition coefficient (Wildman–Crippen LogP) is 6.42. The van der Waals surface area contributed by atoms with Crippen molar-refractivity contribution in [1.29, 1.82) is 0 Å². The molecule has 21 heavy (non-hydrogen) atoms. The van der Waals surface area contributed by atoms with Crippen LogP contribution in [0.15, 0.2) is 12.1 Å². The molecule has 0 amide bonds. The van der Waals surface area contributed by atoms with Crippen LogP contribution in [0, 0.1) is 6.92 Å². The molecule has 0 atom stereocenters. The summed E-state index contributed by atoms with van der Waals surface area (Å²) in [4.78, 5) is 4.87. The van der Waals surface area contributed by atoms with Crippen LogP contribution in [0.4, 0.5) is 0 Å². The van der Waals surface area contributed by atoms with Gasteiger partial charge in [0.05, 0.1) is 0 Å². The average molecular weight is 290 g/mol. The van der Waals surface area contributed by atoms with Gasteiger partial charge in [-0.1, -0.05) is 65.2 Å². The molecule has 1 nitrogen and oxygen atoms in total. The lowest BCUT2D eigenvalue weighted by molar-refractivity contribution is 0.619. The molecule has 1 aromatic heterocycles. The number of pyridine rings is 1. The summed E-state index contributed by atoms with van der Waals surface area (Å²) in [5, 5.41) is 0. The second kappa shape index (κ2) is 11.8. The maximum atomic E-state index is 4.87. The van der Waals surface area contributed by atoms with Gasteiger partial charge in [0.1, 0.15) is 0 Å². The largest absolute Gasteiger partial charge is 0.258 e. The molecule has 0 bridgehead atoms. The molecule has 0 unspecified atom stereocenters. The van der Waals surface area contributed by atoms with E-state index in [1.165, 1.54) is 81.2 Å². The van der Waals surface area contributed by atoms with Crippen LogP contribution in [0.3, 0.4) is 0 Å². The van der Waals surface area contributed by atoms with Crippen molar-refractivity contribution in [3.63, 3.8) is 0 Å². The van der Waals surface area contributed by atoms with E-state index in [4.69, 9.17) is 4.98 Å². The Morgan fingerprint density at radius 1 is 0.667 bits per heavy atom. The lowest BCUT2D eigenvalue weighted by atomic mass is 10.1. The molecule has 0 aliphatic rings. The average Bonchev–Trinajstić information content (AvgIpc) is 2.46. The number of hydrogen-bond donors (Lipinski definition) is 0. The molecule has 1 aromatic rings. The van der Waals surface area contributed by atoms with Crippen LogP contribution in [0.25, 0.3) is 0 Å². The molecule has 120 valence electrons. The quantitative estimate of drug-likeness (QED) is 0.405. The summed E-state index contributed by atoms with van der Waals surface area (Å²) in [5.74, 6) is 0. The third-order valence-electron chi connectivity index (χ3n) is 4.15. The van der Waals surface area contributed by atoms with E-state index in [0.717, 1.165) is 12.8 Å². The first-order valence-electron chi connectivity index (χ1n) is 9.22. The van der Waals surface area contributed by atoms with Crippen LogP contribution in [0.5, 0.6) is 0 Å². The van der Waals surface area contributed by atoms with E-state index in [-0.39, 0.29) is 0 Å². The van der Waals surface area contributed by atoms with Crippen molar-refractivity contribution in [3.8, 4) is 0 Å². The van der Waals surface area contributed by atoms with Gasteiger partial charge < -0.3 is 0 Å². The molecule has 1 rings (SSSR count). The minimum absolute atomic E-state index is 1.16. The van der Waals surface area contributed by atoms with Crippen molar-refractivity contribution < 1.29 is 0 Å². The van der Waals surface area contributed by atoms with Gasteiger partial charge in [0, 0.05) is 11.4 Å². The summed E-state index contributed by atoms with van der Waals surface area (Å²) in [6.07, 6.45) is 15.8. The molecule has 0 spiro atoms. The Kier molecular flexibility index (Phi) is 10.2. The van der Waals surface area contributed by atoms with Crippen molar-refractivity contribution in [3.05, 3.63) is 29.1 Å². The standard InChI is InChI=1S/C20H35N/c1-4-6-8-10-12-14-19-16-18(3)17-20(21-19)15-13-11-9-7-5-2/h16-17H,4-15H2,1-3H3. The highest BCUT2D eigenvalue weighted by Gasteiger charge is 2.02. The molecule has 0 N–H and O–H groups in total. The highest BCUT2D eigenvalue weighted by molar-refractivity contribution is 5.20. The third kappa shape index (κ3) is 8.90. The summed E-state index contributed by atoms with van der Waals surface area (Å²) in [6.45, 7) is 6.76. The SMILES string of the molecule is CCCCCCCc1cc(C)cc(CCCCCCC)n1. The Labute approximate surface area is 132 Å². The van der Waals surface area contributed by atoms with E-state index in [1.54, 1.807) is 0 Å². The summed E-state index contributed by atoms with van der Waals surface area (Å²) in [5.41, 5.74) is 4.02. The normalized spacial score (nSPS) is 11.0. The van der Waals surface area contributed by atoms with Crippen LogP contribution < -0.4 is 0 Å². The van der Waals surface area contributed by atoms with Gasteiger partial charge >= 0.3 is 0 Å². The Morgan fingerprint density at radius 2 is 1.10 bits per heavy atom. The van der Waals surface area contributed by atoms with Gasteiger partial charge in [0.25, 0.3) is 0 Å². The zero-order valence-electron chi connectivity index (χ0n) is 14.6. The maximum absolute atomic E-state index is 4.87. The van der Waals surface area contributed by atoms with Crippen molar-refractivity contribution in [2.75, 3.05) is 0 Å². The Hall–Kier alpha value is -0.850. The zero-order valence-corrected chi connectivity index (χ0v) is 14.6. The summed E-state index contributed by atoms with van der Waals surface area (Å²) < 4.78 is 0. The zero-order chi connectivity index (χ0) is 15.3. The minimum Gasteiger partial charge on any atom is -0.258 e. The van der Waals surface area contributed by atoms with Gasteiger partial charge in [-0.3, -0.25) is 4.98 Å². The molecule has 0 aliphatic carbocycles. The second-order valence-corrected chi connectivity index (χ2v) is 6.46. The number of nitrogens with zero attached hydrogens (tertiary/aromatic N) is 1. The first-order valence-corrected chi connectivity index (χ1v) is 9.22. The van der Waals surface area contributed by atoms with Crippen molar-refractivity contribution >= 4 is 0 Å². The monoisotopic (exact) mass is 289 g/mol. The van der Waals surface area contributed by atoms with Crippen LogP contribution in [-0.4, -0.2) is 4.98 Å². The van der Waals surface area contributed by atoms with Gasteiger partial charge in [-0.2, -0.15) is 0 Å². The first kappa shape index (κ1) is 18.2. The first-order chi connectivity index (χ1) is 10.3. The highest BCUT2D eigenvalue weighted by atomic mass is 14.7. The van der Waals surface area contributed by atoms with Gasteiger partial charge in [-0.25, -0.2) is 0 Å². The lowest BCUT2D eigenvalue weighted by Crippen LogP contribution is -1.98. The third-order valence-corrected chi connectivity index (χ3v) is 4.15. The number of aromatic nitrogens is 1. The van der Waals surface area contributed by atoms with E-state index in [0.29, 0.717) is 0 Å². The van der Waals surface area contributed by atoms with Crippen LogP contribution in [-0.2, 0) is 12.8 Å². The fourth-order valence-electron chi connectivity index (χ4n) is 2.89. The van der Waals surface area contributed by atoms with Crippen molar-refractivity contribution in [1.82, 2.24) is 4.98 Å². The van der Waals surface area contributed by atoms with E-state index in [1.807, 2.05) is 0 Å². The van der Waals surface area contributed by atoms with Crippen LogP contribution >= 0.6 is 0 Å². The fraction of sp³-hybridized carbons (Fsp3) is 0.750. The second-order valence-electron chi connectivity index (χ2n) is 6.46. The predicted molar refractivity (Wildman–Crippen MR) is 93.9 cm³/mol. The van der Waals surface area contributed by atoms with E-state index >= 15 is 0 Å². The summed E-state index contributed by atoms with van der Waals surface area (Å²) in [7, 11) is 0. The smallest absolute Gasteiger partial charge is 0.0409 e. The molecular formula is C20H35N. The Morgan fingerprint density at radius 3 is 1.52 bits per heavy atom. The molecular weight excluding hydrogens is 254 g/mol. The summed E-state index contributed by atoms with van der Waals surface area (Å²) >= 11 is 0. The Balaban J connectivity index is 2.32. The Bertz CT molecular complexity index is 338. The van der Waals surface area contributed by atoms with Crippen LogP contribution in [0.1, 0.15) is 95.0 Å². The van der Waals surface area contributed by atoms with Crippen LogP contribution in [0.2, 0.25) is 0 Å².